The zero-order valence-electron chi connectivity index (χ0n) is 25.3. The van der Waals surface area contributed by atoms with E-state index in [0.29, 0.717) is 19.0 Å². The van der Waals surface area contributed by atoms with Crippen LogP contribution in [-0.2, 0) is 28.1 Å². The maximum absolute atomic E-state index is 14.0. The van der Waals surface area contributed by atoms with E-state index >= 15 is 0 Å². The Morgan fingerprint density at radius 2 is 1.65 bits per heavy atom. The van der Waals surface area contributed by atoms with Crippen molar-refractivity contribution in [3.05, 3.63) is 59.2 Å². The summed E-state index contributed by atoms with van der Waals surface area (Å²) >= 11 is 0. The van der Waals surface area contributed by atoms with Crippen molar-refractivity contribution in [2.75, 3.05) is 40.3 Å². The molecule has 0 unspecified atom stereocenters. The second kappa shape index (κ2) is 12.4. The van der Waals surface area contributed by atoms with E-state index in [1.807, 2.05) is 11.0 Å². The lowest BCUT2D eigenvalue weighted by Gasteiger charge is -2.32. The van der Waals surface area contributed by atoms with Crippen LogP contribution in [0.5, 0.6) is 0 Å². The van der Waals surface area contributed by atoms with Crippen LogP contribution in [0, 0.1) is 0 Å². The fraction of sp³-hybridized carbons (Fsp3) is 0.515. The van der Waals surface area contributed by atoms with Crippen LogP contribution in [0.15, 0.2) is 42.5 Å². The molecule has 10 heteroatoms. The molecule has 3 heterocycles. The van der Waals surface area contributed by atoms with Gasteiger partial charge in [0.05, 0.1) is 11.2 Å². The summed E-state index contributed by atoms with van der Waals surface area (Å²) in [5.41, 5.74) is 5.63. The molecule has 43 heavy (non-hydrogen) atoms. The summed E-state index contributed by atoms with van der Waals surface area (Å²) in [6, 6.07) is 13.9. The van der Waals surface area contributed by atoms with E-state index in [1.165, 1.54) is 58.2 Å². The first kappa shape index (κ1) is 29.8. The highest BCUT2D eigenvalue weighted by Gasteiger charge is 2.32. The van der Waals surface area contributed by atoms with Gasteiger partial charge in [-0.15, -0.1) is 0 Å². The zero-order valence-corrected chi connectivity index (χ0v) is 26.2. The van der Waals surface area contributed by atoms with Gasteiger partial charge in [0.25, 0.3) is 5.91 Å². The van der Waals surface area contributed by atoms with Crippen molar-refractivity contribution in [2.45, 2.75) is 70.4 Å². The monoisotopic (exact) mass is 605 g/mol. The number of benzene rings is 2. The van der Waals surface area contributed by atoms with Crippen LogP contribution in [0.25, 0.3) is 22.2 Å². The molecule has 3 aliphatic rings. The predicted octanol–water partition coefficient (Wildman–Crippen LogP) is 4.72. The molecule has 0 spiro atoms. The summed E-state index contributed by atoms with van der Waals surface area (Å²) in [6.07, 6.45) is 9.46. The Morgan fingerprint density at radius 1 is 0.930 bits per heavy atom. The summed E-state index contributed by atoms with van der Waals surface area (Å²) in [5, 5.41) is 1.04. The topological polar surface area (TPSA) is 95.0 Å². The van der Waals surface area contributed by atoms with E-state index < -0.39 is 16.1 Å². The molecule has 1 saturated heterocycles. The Bertz CT molecular complexity index is 1620. The van der Waals surface area contributed by atoms with Crippen molar-refractivity contribution in [1.82, 2.24) is 23.4 Å². The van der Waals surface area contributed by atoms with Crippen molar-refractivity contribution in [2.24, 2.45) is 0 Å². The summed E-state index contributed by atoms with van der Waals surface area (Å²) in [7, 11) is -1.19. The van der Waals surface area contributed by atoms with Crippen molar-refractivity contribution in [3.63, 3.8) is 0 Å². The van der Waals surface area contributed by atoms with Crippen LogP contribution < -0.4 is 4.72 Å². The number of nitrogens with one attached hydrogen (secondary N) is 1. The Labute approximate surface area is 255 Å². The van der Waals surface area contributed by atoms with Gasteiger partial charge in [-0.1, -0.05) is 56.0 Å². The number of hydrogen-bond donors (Lipinski definition) is 1. The van der Waals surface area contributed by atoms with E-state index in [9.17, 15) is 18.0 Å². The molecule has 2 aliphatic heterocycles. The zero-order chi connectivity index (χ0) is 30.1. The minimum absolute atomic E-state index is 0.0601. The molecule has 1 aliphatic carbocycles. The largest absolute Gasteiger partial charge is 0.336 e. The van der Waals surface area contributed by atoms with Crippen molar-refractivity contribution < 1.29 is 18.0 Å². The number of fused-ring (bicyclic) bond motifs is 5. The van der Waals surface area contributed by atoms with Gasteiger partial charge >= 0.3 is 10.2 Å². The van der Waals surface area contributed by atoms with Crippen LogP contribution >= 0.6 is 0 Å². The van der Waals surface area contributed by atoms with Gasteiger partial charge in [0.1, 0.15) is 6.54 Å². The molecule has 2 amide bonds. The highest BCUT2D eigenvalue weighted by atomic mass is 32.2. The Balaban J connectivity index is 1.46. The van der Waals surface area contributed by atoms with E-state index in [4.69, 9.17) is 0 Å². The summed E-state index contributed by atoms with van der Waals surface area (Å²) in [5.74, 6) is -0.268. The van der Waals surface area contributed by atoms with Gasteiger partial charge < -0.3 is 14.4 Å². The lowest BCUT2D eigenvalue weighted by atomic mass is 9.81. The second-order valence-corrected chi connectivity index (χ2v) is 14.4. The van der Waals surface area contributed by atoms with Crippen LogP contribution in [-0.4, -0.2) is 79.2 Å². The SMILES string of the molecule is CN(C)S(=O)(=O)NC(=O)c1ccc2c(C3CCCCC3)c3n(c2c1)CC(=O)N(CCN1CCCCC1)Cc1ccccc1-3. The third-order valence-electron chi connectivity index (χ3n) is 9.50. The van der Waals surface area contributed by atoms with Gasteiger partial charge in [-0.05, 0) is 68.0 Å². The molecule has 0 radical (unpaired) electrons. The molecule has 2 fully saturated rings. The number of aromatic nitrogens is 1. The van der Waals surface area contributed by atoms with Crippen LogP contribution in [0.4, 0.5) is 0 Å². The Morgan fingerprint density at radius 3 is 2.40 bits per heavy atom. The van der Waals surface area contributed by atoms with Gasteiger partial charge in [-0.2, -0.15) is 12.7 Å². The van der Waals surface area contributed by atoms with E-state index in [2.05, 4.69) is 38.5 Å². The van der Waals surface area contributed by atoms with Gasteiger partial charge in [0, 0.05) is 50.2 Å². The van der Waals surface area contributed by atoms with E-state index in [0.717, 1.165) is 64.5 Å². The second-order valence-electron chi connectivity index (χ2n) is 12.5. The smallest absolute Gasteiger partial charge is 0.303 e. The lowest BCUT2D eigenvalue weighted by molar-refractivity contribution is -0.132. The standard InChI is InChI=1S/C33H43N5O4S/c1-35(2)43(41,42)34-33(40)25-15-16-28-29(21-25)38-23-30(39)37(20-19-36-17-9-4-10-18-36)22-26-13-7-8-14-27(26)32(38)31(28)24-11-5-3-6-12-24/h7-8,13-16,21,24H,3-6,9-12,17-20,22-23H2,1-2H3,(H,34,40). The number of carbonyl (C=O) groups excluding carboxylic acids is 2. The first-order chi connectivity index (χ1) is 20.7. The highest BCUT2D eigenvalue weighted by Crippen LogP contribution is 2.45. The van der Waals surface area contributed by atoms with Crippen LogP contribution in [0.1, 0.15) is 78.8 Å². The molecule has 1 saturated carbocycles. The minimum Gasteiger partial charge on any atom is -0.336 e. The molecular weight excluding hydrogens is 562 g/mol. The minimum atomic E-state index is -3.95. The summed E-state index contributed by atoms with van der Waals surface area (Å²) in [4.78, 5) is 31.7. The molecule has 1 aromatic heterocycles. The van der Waals surface area contributed by atoms with Crippen LogP contribution in [0.2, 0.25) is 0 Å². The first-order valence-electron chi connectivity index (χ1n) is 15.7. The molecule has 1 N–H and O–H groups in total. The third-order valence-corrected chi connectivity index (χ3v) is 10.9. The molecule has 6 rings (SSSR count). The van der Waals surface area contributed by atoms with E-state index in [-0.39, 0.29) is 18.0 Å². The lowest BCUT2D eigenvalue weighted by Crippen LogP contribution is -2.42. The quantitative estimate of drug-likeness (QED) is 0.421. The summed E-state index contributed by atoms with van der Waals surface area (Å²) in [6.45, 7) is 4.46. The fourth-order valence-electron chi connectivity index (χ4n) is 7.11. The number of likely N-dealkylation sites (tertiary alicyclic amines) is 1. The van der Waals surface area contributed by atoms with Gasteiger partial charge in [-0.25, -0.2) is 4.72 Å². The molecule has 3 aromatic rings. The van der Waals surface area contributed by atoms with Gasteiger partial charge in [-0.3, -0.25) is 9.59 Å². The average Bonchev–Trinajstić information content (AvgIpc) is 3.31. The highest BCUT2D eigenvalue weighted by molar-refractivity contribution is 7.87. The Hall–Kier alpha value is -3.21. The molecule has 2 aromatic carbocycles. The predicted molar refractivity (Wildman–Crippen MR) is 169 cm³/mol. The molecule has 230 valence electrons. The maximum Gasteiger partial charge on any atom is 0.303 e. The van der Waals surface area contributed by atoms with Gasteiger partial charge in [0.2, 0.25) is 5.91 Å². The average molecular weight is 606 g/mol. The van der Waals surface area contributed by atoms with Crippen LogP contribution in [0.3, 0.4) is 0 Å². The molecule has 0 atom stereocenters. The van der Waals surface area contributed by atoms with Crippen molar-refractivity contribution in [3.8, 4) is 11.3 Å². The fourth-order valence-corrected chi connectivity index (χ4v) is 7.65. The normalized spacial score (nSPS) is 18.8. The number of carbonyl (C=O) groups is 2. The molecular formula is C33H43N5O4S. The maximum atomic E-state index is 14.0. The molecule has 0 bridgehead atoms. The van der Waals surface area contributed by atoms with E-state index in [1.54, 1.807) is 12.1 Å². The number of hydrogen-bond acceptors (Lipinski definition) is 5. The number of amides is 2. The Kier molecular flexibility index (Phi) is 8.62. The number of rotatable bonds is 7. The van der Waals surface area contributed by atoms with Crippen molar-refractivity contribution in [1.29, 1.82) is 0 Å². The third kappa shape index (κ3) is 6.10. The first-order valence-corrected chi connectivity index (χ1v) is 17.2. The molecule has 9 nitrogen and oxygen atoms in total. The number of piperidine rings is 1. The summed E-state index contributed by atoms with van der Waals surface area (Å²) < 4.78 is 30.1. The van der Waals surface area contributed by atoms with Gasteiger partial charge in [0.15, 0.2) is 0 Å². The van der Waals surface area contributed by atoms with Crippen molar-refractivity contribution >= 4 is 32.9 Å². The number of nitrogens with zero attached hydrogens (tertiary/aromatic N) is 4.